The minimum atomic E-state index is -0.907. The number of imide groups is 1. The maximum Gasteiger partial charge on any atom is 0.442 e. The summed E-state index contributed by atoms with van der Waals surface area (Å²) >= 11 is 0. The van der Waals surface area contributed by atoms with Crippen molar-refractivity contribution in [2.75, 3.05) is 6.79 Å². The van der Waals surface area contributed by atoms with Gasteiger partial charge in [-0.3, -0.25) is 4.79 Å². The lowest BCUT2D eigenvalue weighted by molar-refractivity contribution is -0.227. The van der Waals surface area contributed by atoms with Crippen LogP contribution in [0.15, 0.2) is 12.7 Å². The molecular weight excluding hydrogens is 250 g/mol. The molecule has 0 aliphatic heterocycles. The smallest absolute Gasteiger partial charge is 0.442 e. The molecule has 0 bridgehead atoms. The van der Waals surface area contributed by atoms with Crippen LogP contribution in [0.1, 0.15) is 41.5 Å². The van der Waals surface area contributed by atoms with Gasteiger partial charge in [0.2, 0.25) is 0 Å². The molecule has 0 N–H and O–H groups in total. The number of hydrogen-bond donors (Lipinski definition) is 0. The van der Waals surface area contributed by atoms with Gasteiger partial charge in [-0.2, -0.15) is 0 Å². The van der Waals surface area contributed by atoms with E-state index in [0.29, 0.717) is 5.06 Å². The molecule has 19 heavy (non-hydrogen) atoms. The Morgan fingerprint density at radius 1 is 1.11 bits per heavy atom. The van der Waals surface area contributed by atoms with Crippen molar-refractivity contribution >= 4 is 12.0 Å². The largest absolute Gasteiger partial charge is 0.442 e. The Balaban J connectivity index is 4.61. The zero-order valence-corrected chi connectivity index (χ0v) is 12.5. The molecule has 0 spiro atoms. The van der Waals surface area contributed by atoms with Gasteiger partial charge in [0.1, 0.15) is 5.60 Å². The first-order valence-electron chi connectivity index (χ1n) is 5.92. The van der Waals surface area contributed by atoms with Crippen LogP contribution in [0.5, 0.6) is 0 Å². The van der Waals surface area contributed by atoms with Gasteiger partial charge in [0.15, 0.2) is 6.79 Å². The second-order valence-corrected chi connectivity index (χ2v) is 5.82. The van der Waals surface area contributed by atoms with Gasteiger partial charge in [-0.1, -0.05) is 6.58 Å². The highest BCUT2D eigenvalue weighted by molar-refractivity contribution is 5.97. The third-order valence-electron chi connectivity index (χ3n) is 1.61. The first-order chi connectivity index (χ1) is 8.46. The predicted molar refractivity (Wildman–Crippen MR) is 70.1 cm³/mol. The summed E-state index contributed by atoms with van der Waals surface area (Å²) in [5.41, 5.74) is -1.18. The van der Waals surface area contributed by atoms with Crippen molar-refractivity contribution in [3.63, 3.8) is 0 Å². The zero-order chi connectivity index (χ0) is 15.3. The molecule has 2 amide bonds. The summed E-state index contributed by atoms with van der Waals surface area (Å²) < 4.78 is 10.3. The number of nitrogens with zero attached hydrogens (tertiary/aromatic N) is 1. The molecule has 0 aromatic heterocycles. The number of amides is 2. The van der Waals surface area contributed by atoms with Crippen molar-refractivity contribution in [3.05, 3.63) is 12.7 Å². The van der Waals surface area contributed by atoms with E-state index in [1.54, 1.807) is 20.8 Å². The summed E-state index contributed by atoms with van der Waals surface area (Å²) in [7, 11) is 0. The van der Waals surface area contributed by atoms with Gasteiger partial charge in [-0.05, 0) is 47.6 Å². The SMILES string of the molecule is C=CC(=O)N(OCOC(C)(C)C)C(=O)OC(C)(C)C. The number of hydroxylamine groups is 2. The lowest BCUT2D eigenvalue weighted by Gasteiger charge is -2.26. The third-order valence-corrected chi connectivity index (χ3v) is 1.61. The molecule has 0 radical (unpaired) electrons. The quantitative estimate of drug-likeness (QED) is 0.447. The highest BCUT2D eigenvalue weighted by Gasteiger charge is 2.27. The molecule has 0 rings (SSSR count). The topological polar surface area (TPSA) is 65.1 Å². The van der Waals surface area contributed by atoms with Crippen molar-refractivity contribution in [2.24, 2.45) is 0 Å². The van der Waals surface area contributed by atoms with E-state index in [9.17, 15) is 9.59 Å². The Hall–Kier alpha value is -1.40. The maximum atomic E-state index is 11.8. The van der Waals surface area contributed by atoms with Gasteiger partial charge < -0.3 is 9.47 Å². The van der Waals surface area contributed by atoms with Crippen LogP contribution in [0.25, 0.3) is 0 Å². The fourth-order valence-electron chi connectivity index (χ4n) is 0.848. The molecule has 110 valence electrons. The molecule has 0 unspecified atom stereocenters. The van der Waals surface area contributed by atoms with Gasteiger partial charge in [-0.25, -0.2) is 9.63 Å². The highest BCUT2D eigenvalue weighted by Crippen LogP contribution is 2.12. The van der Waals surface area contributed by atoms with E-state index in [1.165, 1.54) is 0 Å². The van der Waals surface area contributed by atoms with Gasteiger partial charge in [0.25, 0.3) is 5.91 Å². The fraction of sp³-hybridized carbons (Fsp3) is 0.692. The number of carbonyl (C=O) groups excluding carboxylic acids is 2. The molecule has 6 heteroatoms. The van der Waals surface area contributed by atoms with Crippen molar-refractivity contribution < 1.29 is 23.9 Å². The van der Waals surface area contributed by atoms with Crippen LogP contribution in [0, 0.1) is 0 Å². The molecule has 0 heterocycles. The standard InChI is InChI=1S/C13H23NO5/c1-8-10(15)14(11(16)19-13(5,6)7)18-9-17-12(2,3)4/h8H,1,9H2,2-7H3. The van der Waals surface area contributed by atoms with E-state index in [0.717, 1.165) is 6.08 Å². The van der Waals surface area contributed by atoms with Crippen molar-refractivity contribution in [2.45, 2.75) is 52.7 Å². The first kappa shape index (κ1) is 17.6. The zero-order valence-electron chi connectivity index (χ0n) is 12.5. The second-order valence-electron chi connectivity index (χ2n) is 5.82. The maximum absolute atomic E-state index is 11.8. The Kier molecular flexibility index (Phi) is 6.18. The molecule has 0 aliphatic rings. The van der Waals surface area contributed by atoms with Crippen LogP contribution in [-0.4, -0.2) is 35.1 Å². The summed E-state index contributed by atoms with van der Waals surface area (Å²) in [6, 6.07) is 0. The van der Waals surface area contributed by atoms with E-state index in [1.807, 2.05) is 20.8 Å². The monoisotopic (exact) mass is 273 g/mol. The van der Waals surface area contributed by atoms with E-state index in [-0.39, 0.29) is 6.79 Å². The van der Waals surface area contributed by atoms with Crippen LogP contribution in [0.2, 0.25) is 0 Å². The predicted octanol–water partition coefficient (Wildman–Crippen LogP) is 2.64. The first-order valence-corrected chi connectivity index (χ1v) is 5.92. The summed E-state index contributed by atoms with van der Waals surface area (Å²) in [6.45, 7) is 13.6. The van der Waals surface area contributed by atoms with Crippen molar-refractivity contribution in [3.8, 4) is 0 Å². The molecule has 0 aromatic carbocycles. The van der Waals surface area contributed by atoms with E-state index < -0.39 is 23.2 Å². The van der Waals surface area contributed by atoms with Crippen LogP contribution in [0.4, 0.5) is 4.79 Å². The minimum Gasteiger partial charge on any atom is -0.442 e. The van der Waals surface area contributed by atoms with Gasteiger partial charge in [-0.15, -0.1) is 5.06 Å². The molecule has 0 aliphatic carbocycles. The highest BCUT2D eigenvalue weighted by atomic mass is 16.8. The number of ether oxygens (including phenoxy) is 2. The summed E-state index contributed by atoms with van der Waals surface area (Å²) in [4.78, 5) is 28.3. The summed E-state index contributed by atoms with van der Waals surface area (Å²) in [5, 5.41) is 0.490. The second kappa shape index (κ2) is 6.68. The van der Waals surface area contributed by atoms with E-state index >= 15 is 0 Å². The van der Waals surface area contributed by atoms with Crippen LogP contribution in [-0.2, 0) is 19.1 Å². The van der Waals surface area contributed by atoms with Crippen LogP contribution in [0.3, 0.4) is 0 Å². The normalized spacial score (nSPS) is 11.9. The van der Waals surface area contributed by atoms with Gasteiger partial charge in [0, 0.05) is 0 Å². The molecule has 0 saturated carbocycles. The summed E-state index contributed by atoms with van der Waals surface area (Å²) in [6.07, 6.45) is 0.0518. The Morgan fingerprint density at radius 2 is 1.63 bits per heavy atom. The Morgan fingerprint density at radius 3 is 2.00 bits per heavy atom. The average molecular weight is 273 g/mol. The molecule has 6 nitrogen and oxygen atoms in total. The number of hydrogen-bond acceptors (Lipinski definition) is 5. The van der Waals surface area contributed by atoms with Crippen molar-refractivity contribution in [1.29, 1.82) is 0 Å². The lowest BCUT2D eigenvalue weighted by Crippen LogP contribution is -2.41. The molecule has 0 fully saturated rings. The number of carbonyl (C=O) groups is 2. The van der Waals surface area contributed by atoms with E-state index in [4.69, 9.17) is 14.3 Å². The minimum absolute atomic E-state index is 0.248. The van der Waals surface area contributed by atoms with Crippen LogP contribution >= 0.6 is 0 Å². The molecular formula is C13H23NO5. The third kappa shape index (κ3) is 8.34. The summed E-state index contributed by atoms with van der Waals surface area (Å²) in [5.74, 6) is -0.716. The van der Waals surface area contributed by atoms with Crippen molar-refractivity contribution in [1.82, 2.24) is 5.06 Å². The van der Waals surface area contributed by atoms with Gasteiger partial charge >= 0.3 is 6.09 Å². The Labute approximate surface area is 114 Å². The van der Waals surface area contributed by atoms with E-state index in [2.05, 4.69) is 6.58 Å². The molecule has 0 atom stereocenters. The fourth-order valence-corrected chi connectivity index (χ4v) is 0.848. The average Bonchev–Trinajstić information content (AvgIpc) is 2.19. The molecule has 0 aromatic rings. The number of rotatable bonds is 4. The van der Waals surface area contributed by atoms with Crippen LogP contribution < -0.4 is 0 Å². The van der Waals surface area contributed by atoms with Gasteiger partial charge in [0.05, 0.1) is 5.60 Å². The lowest BCUT2D eigenvalue weighted by atomic mass is 10.2. The molecule has 0 saturated heterocycles. The Bertz CT molecular complexity index is 338.